The van der Waals surface area contributed by atoms with Crippen molar-refractivity contribution in [3.8, 4) is 6.07 Å². The normalized spacial score (nSPS) is 17.1. The van der Waals surface area contributed by atoms with Gasteiger partial charge in [-0.05, 0) is 51.9 Å². The third kappa shape index (κ3) is 2.19. The SMILES string of the molecule is Cc1ccnc(NCC2(N(C)C)CCC2)c1C#N. The average molecular weight is 244 g/mol. The Morgan fingerprint density at radius 3 is 2.72 bits per heavy atom. The van der Waals surface area contributed by atoms with Crippen LogP contribution in [0.2, 0.25) is 0 Å². The van der Waals surface area contributed by atoms with Crippen LogP contribution in [-0.2, 0) is 0 Å². The van der Waals surface area contributed by atoms with Gasteiger partial charge in [0.25, 0.3) is 0 Å². The average Bonchev–Trinajstić information content (AvgIpc) is 2.27. The Hall–Kier alpha value is -1.60. The molecular weight excluding hydrogens is 224 g/mol. The lowest BCUT2D eigenvalue weighted by Gasteiger charge is -2.47. The molecule has 0 radical (unpaired) electrons. The van der Waals surface area contributed by atoms with Gasteiger partial charge in [0, 0.05) is 18.3 Å². The van der Waals surface area contributed by atoms with Gasteiger partial charge in [-0.3, -0.25) is 0 Å². The summed E-state index contributed by atoms with van der Waals surface area (Å²) >= 11 is 0. The number of pyridine rings is 1. The molecule has 4 nitrogen and oxygen atoms in total. The number of likely N-dealkylation sites (N-methyl/N-ethyl adjacent to an activating group) is 1. The molecule has 1 aliphatic carbocycles. The lowest BCUT2D eigenvalue weighted by atomic mass is 9.75. The fourth-order valence-electron chi connectivity index (χ4n) is 2.45. The standard InChI is InChI=1S/C14H20N4/c1-11-5-8-16-13(12(11)9-15)17-10-14(18(2)3)6-4-7-14/h5,8H,4,6-7,10H2,1-3H3,(H,16,17). The van der Waals surface area contributed by atoms with Crippen LogP contribution in [0.4, 0.5) is 5.82 Å². The monoisotopic (exact) mass is 244 g/mol. The van der Waals surface area contributed by atoms with E-state index in [1.807, 2.05) is 13.0 Å². The maximum atomic E-state index is 9.17. The number of rotatable bonds is 4. The molecule has 1 fully saturated rings. The third-order valence-electron chi connectivity index (χ3n) is 4.09. The molecule has 1 N–H and O–H groups in total. The summed E-state index contributed by atoms with van der Waals surface area (Å²) in [6, 6.07) is 4.10. The Morgan fingerprint density at radius 1 is 1.50 bits per heavy atom. The van der Waals surface area contributed by atoms with Gasteiger partial charge in [0.2, 0.25) is 0 Å². The van der Waals surface area contributed by atoms with Gasteiger partial charge >= 0.3 is 0 Å². The molecule has 18 heavy (non-hydrogen) atoms. The van der Waals surface area contributed by atoms with Gasteiger partial charge in [-0.2, -0.15) is 5.26 Å². The molecule has 96 valence electrons. The zero-order valence-electron chi connectivity index (χ0n) is 11.3. The number of hydrogen-bond acceptors (Lipinski definition) is 4. The molecule has 0 saturated heterocycles. The van der Waals surface area contributed by atoms with E-state index in [9.17, 15) is 0 Å². The van der Waals surface area contributed by atoms with Crippen LogP contribution in [0, 0.1) is 18.3 Å². The Balaban J connectivity index is 2.11. The summed E-state index contributed by atoms with van der Waals surface area (Å²) in [4.78, 5) is 6.56. The van der Waals surface area contributed by atoms with Crippen LogP contribution in [0.15, 0.2) is 12.3 Å². The molecule has 0 atom stereocenters. The highest BCUT2D eigenvalue weighted by Gasteiger charge is 2.38. The van der Waals surface area contributed by atoms with Crippen molar-refractivity contribution in [1.29, 1.82) is 5.26 Å². The van der Waals surface area contributed by atoms with Gasteiger partial charge in [-0.15, -0.1) is 0 Å². The zero-order valence-corrected chi connectivity index (χ0v) is 11.3. The van der Waals surface area contributed by atoms with E-state index in [2.05, 4.69) is 35.4 Å². The van der Waals surface area contributed by atoms with E-state index in [1.54, 1.807) is 6.20 Å². The van der Waals surface area contributed by atoms with Crippen molar-refractivity contribution in [2.24, 2.45) is 0 Å². The molecule has 0 unspecified atom stereocenters. The Labute approximate surface area is 109 Å². The summed E-state index contributed by atoms with van der Waals surface area (Å²) in [7, 11) is 4.24. The summed E-state index contributed by atoms with van der Waals surface area (Å²) in [5.74, 6) is 0.714. The third-order valence-corrected chi connectivity index (χ3v) is 4.09. The summed E-state index contributed by atoms with van der Waals surface area (Å²) in [6.45, 7) is 2.79. The zero-order chi connectivity index (χ0) is 13.2. The second-order valence-electron chi connectivity index (χ2n) is 5.29. The fraction of sp³-hybridized carbons (Fsp3) is 0.571. The molecular formula is C14H20N4. The Bertz CT molecular complexity index is 469. The quantitative estimate of drug-likeness (QED) is 0.881. The first kappa shape index (κ1) is 12.8. The van der Waals surface area contributed by atoms with E-state index in [0.29, 0.717) is 11.4 Å². The van der Waals surface area contributed by atoms with E-state index in [1.165, 1.54) is 19.3 Å². The van der Waals surface area contributed by atoms with Crippen molar-refractivity contribution in [3.63, 3.8) is 0 Å². The number of hydrogen-bond donors (Lipinski definition) is 1. The van der Waals surface area contributed by atoms with Gasteiger partial charge in [-0.25, -0.2) is 4.98 Å². The Kier molecular flexibility index (Phi) is 3.53. The van der Waals surface area contributed by atoms with E-state index < -0.39 is 0 Å². The highest BCUT2D eigenvalue weighted by Crippen LogP contribution is 2.36. The number of nitrogens with one attached hydrogen (secondary N) is 1. The van der Waals surface area contributed by atoms with Gasteiger partial charge in [0.15, 0.2) is 0 Å². The van der Waals surface area contributed by atoms with Crippen LogP contribution in [0.5, 0.6) is 0 Å². The minimum absolute atomic E-state index is 0.234. The largest absolute Gasteiger partial charge is 0.367 e. The molecule has 0 aliphatic heterocycles. The van der Waals surface area contributed by atoms with Crippen molar-refractivity contribution in [1.82, 2.24) is 9.88 Å². The molecule has 1 aliphatic rings. The first-order valence-corrected chi connectivity index (χ1v) is 6.36. The number of nitrogens with zero attached hydrogens (tertiary/aromatic N) is 3. The second-order valence-corrected chi connectivity index (χ2v) is 5.29. The number of aryl methyl sites for hydroxylation is 1. The lowest BCUT2D eigenvalue weighted by Crippen LogP contribution is -2.54. The summed E-state index contributed by atoms with van der Waals surface area (Å²) in [6.07, 6.45) is 5.45. The summed E-state index contributed by atoms with van der Waals surface area (Å²) < 4.78 is 0. The van der Waals surface area contributed by atoms with Crippen molar-refractivity contribution < 1.29 is 0 Å². The van der Waals surface area contributed by atoms with Gasteiger partial charge in [0.1, 0.15) is 11.9 Å². The van der Waals surface area contributed by atoms with Crippen molar-refractivity contribution in [3.05, 3.63) is 23.4 Å². The maximum absolute atomic E-state index is 9.17. The van der Waals surface area contributed by atoms with E-state index in [-0.39, 0.29) is 5.54 Å². The highest BCUT2D eigenvalue weighted by atomic mass is 15.2. The predicted molar refractivity (Wildman–Crippen MR) is 72.4 cm³/mol. The predicted octanol–water partition coefficient (Wildman–Crippen LogP) is 2.16. The smallest absolute Gasteiger partial charge is 0.144 e. The first-order chi connectivity index (χ1) is 8.59. The lowest BCUT2D eigenvalue weighted by molar-refractivity contribution is 0.0738. The molecule has 1 aromatic heterocycles. The van der Waals surface area contributed by atoms with Gasteiger partial charge < -0.3 is 10.2 Å². The molecule has 0 amide bonds. The maximum Gasteiger partial charge on any atom is 0.144 e. The van der Waals surface area contributed by atoms with Crippen LogP contribution < -0.4 is 5.32 Å². The summed E-state index contributed by atoms with van der Waals surface area (Å²) in [5.41, 5.74) is 1.87. The van der Waals surface area contributed by atoms with E-state index in [0.717, 1.165) is 12.1 Å². The topological polar surface area (TPSA) is 52.0 Å². The molecule has 0 aromatic carbocycles. The van der Waals surface area contributed by atoms with Gasteiger partial charge in [-0.1, -0.05) is 0 Å². The first-order valence-electron chi connectivity index (χ1n) is 6.36. The molecule has 1 aromatic rings. The van der Waals surface area contributed by atoms with Gasteiger partial charge in [0.05, 0.1) is 5.56 Å². The highest BCUT2D eigenvalue weighted by molar-refractivity contribution is 5.55. The molecule has 1 heterocycles. The van der Waals surface area contributed by atoms with Crippen LogP contribution in [0.1, 0.15) is 30.4 Å². The molecule has 4 heteroatoms. The minimum atomic E-state index is 0.234. The minimum Gasteiger partial charge on any atom is -0.367 e. The van der Waals surface area contributed by atoms with E-state index >= 15 is 0 Å². The molecule has 2 rings (SSSR count). The van der Waals surface area contributed by atoms with Crippen LogP contribution >= 0.6 is 0 Å². The number of aromatic nitrogens is 1. The second kappa shape index (κ2) is 4.95. The van der Waals surface area contributed by atoms with Crippen LogP contribution in [0.3, 0.4) is 0 Å². The van der Waals surface area contributed by atoms with Crippen molar-refractivity contribution in [2.45, 2.75) is 31.7 Å². The fourth-order valence-corrected chi connectivity index (χ4v) is 2.45. The molecule has 0 bridgehead atoms. The van der Waals surface area contributed by atoms with Crippen LogP contribution in [-0.4, -0.2) is 36.1 Å². The number of nitriles is 1. The Morgan fingerprint density at radius 2 is 2.22 bits per heavy atom. The van der Waals surface area contributed by atoms with Crippen LogP contribution in [0.25, 0.3) is 0 Å². The number of anilines is 1. The van der Waals surface area contributed by atoms with Crippen molar-refractivity contribution in [2.75, 3.05) is 26.0 Å². The van der Waals surface area contributed by atoms with E-state index in [4.69, 9.17) is 5.26 Å². The summed E-state index contributed by atoms with van der Waals surface area (Å²) in [5, 5.41) is 12.5. The molecule has 0 spiro atoms. The van der Waals surface area contributed by atoms with Crippen molar-refractivity contribution >= 4 is 5.82 Å². The molecule has 1 saturated carbocycles.